The molecule has 6 nitrogen and oxygen atoms in total. The SMILES string of the molecule is O=C(NCc1ccc2c(c1)OCO2)C1CCN(c2ccc(F)cc2)C1=O. The normalized spacial score (nSPS) is 18.3. The largest absolute Gasteiger partial charge is 0.454 e. The zero-order valence-corrected chi connectivity index (χ0v) is 13.9. The van der Waals surface area contributed by atoms with Crippen LogP contribution < -0.4 is 19.7 Å². The van der Waals surface area contributed by atoms with Gasteiger partial charge in [-0.05, 0) is 48.4 Å². The number of nitrogens with zero attached hydrogens (tertiary/aromatic N) is 1. The second-order valence-electron chi connectivity index (χ2n) is 6.21. The quantitative estimate of drug-likeness (QED) is 0.853. The molecule has 0 spiro atoms. The van der Waals surface area contributed by atoms with Crippen molar-refractivity contribution in [3.63, 3.8) is 0 Å². The summed E-state index contributed by atoms with van der Waals surface area (Å²) < 4.78 is 23.6. The van der Waals surface area contributed by atoms with Crippen LogP contribution in [0.5, 0.6) is 11.5 Å². The van der Waals surface area contributed by atoms with Crippen molar-refractivity contribution in [3.05, 3.63) is 53.8 Å². The first-order chi connectivity index (χ1) is 12.6. The molecule has 1 fully saturated rings. The van der Waals surface area contributed by atoms with Gasteiger partial charge >= 0.3 is 0 Å². The molecular formula is C19H17FN2O4. The summed E-state index contributed by atoms with van der Waals surface area (Å²) in [5.41, 5.74) is 1.46. The summed E-state index contributed by atoms with van der Waals surface area (Å²) in [6, 6.07) is 11.1. The van der Waals surface area contributed by atoms with Crippen LogP contribution in [0.3, 0.4) is 0 Å². The molecule has 2 amide bonds. The van der Waals surface area contributed by atoms with Crippen molar-refractivity contribution in [1.82, 2.24) is 5.32 Å². The highest BCUT2D eigenvalue weighted by Gasteiger charge is 2.37. The average Bonchev–Trinajstić information content (AvgIpc) is 3.26. The van der Waals surface area contributed by atoms with E-state index < -0.39 is 5.92 Å². The number of rotatable bonds is 4. The lowest BCUT2D eigenvalue weighted by Crippen LogP contribution is -2.36. The van der Waals surface area contributed by atoms with E-state index in [2.05, 4.69) is 5.32 Å². The van der Waals surface area contributed by atoms with Gasteiger partial charge in [-0.25, -0.2) is 4.39 Å². The number of anilines is 1. The molecule has 2 aliphatic heterocycles. The third kappa shape index (κ3) is 3.08. The number of halogens is 1. The minimum absolute atomic E-state index is 0.195. The Morgan fingerprint density at radius 1 is 1.15 bits per heavy atom. The molecular weight excluding hydrogens is 339 g/mol. The van der Waals surface area contributed by atoms with Crippen molar-refractivity contribution in [2.24, 2.45) is 5.92 Å². The summed E-state index contributed by atoms with van der Waals surface area (Å²) in [4.78, 5) is 26.5. The summed E-state index contributed by atoms with van der Waals surface area (Å²) in [6.45, 7) is 0.934. The van der Waals surface area contributed by atoms with Gasteiger partial charge in [0.2, 0.25) is 18.6 Å². The van der Waals surface area contributed by atoms with Gasteiger partial charge in [-0.1, -0.05) is 6.07 Å². The van der Waals surface area contributed by atoms with Gasteiger partial charge in [0.05, 0.1) is 0 Å². The number of fused-ring (bicyclic) bond motifs is 1. The summed E-state index contributed by atoms with van der Waals surface area (Å²) in [5.74, 6) is -0.332. The highest BCUT2D eigenvalue weighted by atomic mass is 19.1. The molecule has 1 unspecified atom stereocenters. The summed E-state index contributed by atoms with van der Waals surface area (Å²) >= 11 is 0. The Bertz CT molecular complexity index is 853. The highest BCUT2D eigenvalue weighted by molar-refractivity contribution is 6.09. The van der Waals surface area contributed by atoms with Crippen molar-refractivity contribution in [1.29, 1.82) is 0 Å². The van der Waals surface area contributed by atoms with E-state index in [4.69, 9.17) is 9.47 Å². The van der Waals surface area contributed by atoms with Gasteiger partial charge in [0, 0.05) is 18.8 Å². The maximum absolute atomic E-state index is 13.0. The van der Waals surface area contributed by atoms with Crippen LogP contribution in [0, 0.1) is 11.7 Å². The molecule has 2 aromatic rings. The number of carbonyl (C=O) groups excluding carboxylic acids is 2. The Balaban J connectivity index is 1.38. The monoisotopic (exact) mass is 356 g/mol. The number of hydrogen-bond donors (Lipinski definition) is 1. The molecule has 1 saturated heterocycles. The zero-order chi connectivity index (χ0) is 18.1. The van der Waals surface area contributed by atoms with Crippen molar-refractivity contribution < 1.29 is 23.5 Å². The molecule has 2 aromatic carbocycles. The number of hydrogen-bond acceptors (Lipinski definition) is 4. The number of carbonyl (C=O) groups is 2. The topological polar surface area (TPSA) is 67.9 Å². The number of nitrogens with one attached hydrogen (secondary N) is 1. The minimum atomic E-state index is -0.728. The van der Waals surface area contributed by atoms with Crippen LogP contribution in [0.4, 0.5) is 10.1 Å². The standard InChI is InChI=1S/C19H17FN2O4/c20-13-2-4-14(5-3-13)22-8-7-15(19(22)24)18(23)21-10-12-1-6-16-17(9-12)26-11-25-16/h1-6,9,15H,7-8,10-11H2,(H,21,23). The molecule has 4 rings (SSSR count). The average molecular weight is 356 g/mol. The lowest BCUT2D eigenvalue weighted by atomic mass is 10.1. The van der Waals surface area contributed by atoms with Crippen molar-refractivity contribution in [2.75, 3.05) is 18.2 Å². The first-order valence-corrected chi connectivity index (χ1v) is 8.35. The Hall–Kier alpha value is -3.09. The Labute approximate surface area is 149 Å². The molecule has 0 aliphatic carbocycles. The molecule has 2 aliphatic rings. The third-order valence-corrected chi connectivity index (χ3v) is 4.56. The number of ether oxygens (including phenoxy) is 2. The van der Waals surface area contributed by atoms with E-state index in [1.807, 2.05) is 12.1 Å². The number of amides is 2. The second-order valence-corrected chi connectivity index (χ2v) is 6.21. The van der Waals surface area contributed by atoms with Crippen LogP contribution >= 0.6 is 0 Å². The van der Waals surface area contributed by atoms with E-state index >= 15 is 0 Å². The van der Waals surface area contributed by atoms with E-state index in [-0.39, 0.29) is 24.4 Å². The van der Waals surface area contributed by atoms with Gasteiger partial charge in [0.15, 0.2) is 11.5 Å². The molecule has 0 saturated carbocycles. The highest BCUT2D eigenvalue weighted by Crippen LogP contribution is 2.32. The van der Waals surface area contributed by atoms with Crippen molar-refractivity contribution in [3.8, 4) is 11.5 Å². The van der Waals surface area contributed by atoms with Crippen LogP contribution in [0.15, 0.2) is 42.5 Å². The molecule has 134 valence electrons. The van der Waals surface area contributed by atoms with E-state index in [0.717, 1.165) is 5.56 Å². The fourth-order valence-corrected chi connectivity index (χ4v) is 3.16. The van der Waals surface area contributed by atoms with Gasteiger partial charge in [-0.15, -0.1) is 0 Å². The maximum atomic E-state index is 13.0. The molecule has 2 heterocycles. The summed E-state index contributed by atoms with van der Waals surface area (Å²) in [5, 5.41) is 2.80. The van der Waals surface area contributed by atoms with E-state index in [1.54, 1.807) is 18.2 Å². The molecule has 0 bridgehead atoms. The minimum Gasteiger partial charge on any atom is -0.454 e. The van der Waals surface area contributed by atoms with Gasteiger partial charge in [0.1, 0.15) is 11.7 Å². The summed E-state index contributed by atoms with van der Waals surface area (Å²) in [6.07, 6.45) is 0.434. The lowest BCUT2D eigenvalue weighted by Gasteiger charge is -2.16. The molecule has 7 heteroatoms. The van der Waals surface area contributed by atoms with Gasteiger partial charge in [-0.3, -0.25) is 9.59 Å². The first-order valence-electron chi connectivity index (χ1n) is 8.35. The van der Waals surface area contributed by atoms with Gasteiger partial charge < -0.3 is 19.7 Å². The van der Waals surface area contributed by atoms with Gasteiger partial charge in [0.25, 0.3) is 0 Å². The predicted molar refractivity (Wildman–Crippen MR) is 91.3 cm³/mol. The van der Waals surface area contributed by atoms with Crippen LogP contribution in [-0.2, 0) is 16.1 Å². The predicted octanol–water partition coefficient (Wildman–Crippen LogP) is 2.22. The Morgan fingerprint density at radius 3 is 2.73 bits per heavy atom. The molecule has 0 radical (unpaired) electrons. The van der Waals surface area contributed by atoms with Gasteiger partial charge in [-0.2, -0.15) is 0 Å². The molecule has 0 aromatic heterocycles. The van der Waals surface area contributed by atoms with E-state index in [9.17, 15) is 14.0 Å². The zero-order valence-electron chi connectivity index (χ0n) is 13.9. The molecule has 1 atom stereocenters. The molecule has 1 N–H and O–H groups in total. The Morgan fingerprint density at radius 2 is 1.92 bits per heavy atom. The lowest BCUT2D eigenvalue weighted by molar-refractivity contribution is -0.132. The second kappa shape index (κ2) is 6.67. The fraction of sp³-hybridized carbons (Fsp3) is 0.263. The van der Waals surface area contributed by atoms with Crippen molar-refractivity contribution >= 4 is 17.5 Å². The molecule has 26 heavy (non-hydrogen) atoms. The van der Waals surface area contributed by atoms with E-state index in [1.165, 1.54) is 17.0 Å². The summed E-state index contributed by atoms with van der Waals surface area (Å²) in [7, 11) is 0. The van der Waals surface area contributed by atoms with Crippen LogP contribution in [0.1, 0.15) is 12.0 Å². The first kappa shape index (κ1) is 16.4. The maximum Gasteiger partial charge on any atom is 0.239 e. The van der Waals surface area contributed by atoms with Crippen molar-refractivity contribution in [2.45, 2.75) is 13.0 Å². The third-order valence-electron chi connectivity index (χ3n) is 4.56. The van der Waals surface area contributed by atoms with E-state index in [0.29, 0.717) is 36.7 Å². The number of benzene rings is 2. The van der Waals surface area contributed by atoms with Crippen LogP contribution in [0.25, 0.3) is 0 Å². The smallest absolute Gasteiger partial charge is 0.239 e. The fourth-order valence-electron chi connectivity index (χ4n) is 3.16. The van der Waals surface area contributed by atoms with Crippen LogP contribution in [0.2, 0.25) is 0 Å². The Kier molecular flexibility index (Phi) is 4.20. The van der Waals surface area contributed by atoms with Crippen LogP contribution in [-0.4, -0.2) is 25.2 Å².